The molecule has 0 aliphatic rings. The second-order valence-corrected chi connectivity index (χ2v) is 7.62. The molecule has 0 spiro atoms. The molecule has 0 aliphatic carbocycles. The molecule has 116 valence electrons. The van der Waals surface area contributed by atoms with Crippen molar-refractivity contribution in [1.29, 1.82) is 0 Å². The number of hydrogen-bond donors (Lipinski definition) is 1. The Kier molecular flexibility index (Phi) is 3.64. The summed E-state index contributed by atoms with van der Waals surface area (Å²) >= 11 is 0. The first-order chi connectivity index (χ1) is 10.4. The molecule has 1 N–H and O–H groups in total. The first kappa shape index (κ1) is 15.0. The van der Waals surface area contributed by atoms with Crippen molar-refractivity contribution in [3.8, 4) is 0 Å². The van der Waals surface area contributed by atoms with E-state index in [1.54, 1.807) is 0 Å². The van der Waals surface area contributed by atoms with E-state index in [2.05, 4.69) is 45.9 Å². The molecule has 0 amide bonds. The zero-order valence-corrected chi connectivity index (χ0v) is 13.9. The molecule has 22 heavy (non-hydrogen) atoms. The summed E-state index contributed by atoms with van der Waals surface area (Å²) in [6.45, 7) is 9.24. The quantitative estimate of drug-likeness (QED) is 0.618. The van der Waals surface area contributed by atoms with Crippen LogP contribution in [0.2, 0.25) is 0 Å². The van der Waals surface area contributed by atoms with E-state index in [1.165, 1.54) is 16.7 Å². The Labute approximate surface area is 132 Å². The summed E-state index contributed by atoms with van der Waals surface area (Å²) < 4.78 is 1.30. The molecule has 0 saturated heterocycles. The molecule has 2 aromatic carbocycles. The molecule has 0 atom stereocenters. The van der Waals surface area contributed by atoms with Crippen LogP contribution in [0.1, 0.15) is 39.7 Å². The highest BCUT2D eigenvalue weighted by Gasteiger charge is 2.20. The maximum Gasteiger partial charge on any atom is 0.0879 e. The topological polar surface area (TPSA) is 25.2 Å². The number of aromatic nitrogens is 1. The van der Waals surface area contributed by atoms with Crippen molar-refractivity contribution in [2.24, 2.45) is 11.3 Å². The van der Waals surface area contributed by atoms with Gasteiger partial charge in [-0.15, -0.1) is 0 Å². The number of para-hydroxylation sites is 1. The summed E-state index contributed by atoms with van der Waals surface area (Å²) in [5, 5.41) is 12.6. The molecule has 1 heterocycles. The van der Waals surface area contributed by atoms with Gasteiger partial charge >= 0.3 is 0 Å². The van der Waals surface area contributed by atoms with Crippen LogP contribution in [0.15, 0.2) is 42.5 Å². The van der Waals surface area contributed by atoms with Crippen LogP contribution in [0.4, 0.5) is 0 Å². The fourth-order valence-corrected chi connectivity index (χ4v) is 3.84. The standard InChI is InChI=1S/C20H25NO/c1-14(2)12-20(3,4)13-15-9-10-19-17(11-15)16-7-5-6-8-18(16)21(19)22/h5-11,14,22H,12-13H2,1-4H3. The average molecular weight is 295 g/mol. The molecular formula is C20H25NO. The smallest absolute Gasteiger partial charge is 0.0879 e. The van der Waals surface area contributed by atoms with Crippen LogP contribution in [-0.2, 0) is 6.42 Å². The molecule has 0 radical (unpaired) electrons. The molecule has 0 fully saturated rings. The van der Waals surface area contributed by atoms with Gasteiger partial charge < -0.3 is 5.21 Å². The molecule has 3 rings (SSSR count). The largest absolute Gasteiger partial charge is 0.428 e. The van der Waals surface area contributed by atoms with Gasteiger partial charge in [0.25, 0.3) is 0 Å². The molecule has 0 aliphatic heterocycles. The van der Waals surface area contributed by atoms with Crippen LogP contribution >= 0.6 is 0 Å². The average Bonchev–Trinajstić information content (AvgIpc) is 2.71. The van der Waals surface area contributed by atoms with E-state index in [0.29, 0.717) is 11.3 Å². The third kappa shape index (κ3) is 2.70. The number of benzene rings is 2. The third-order valence-corrected chi connectivity index (χ3v) is 4.36. The Bertz CT molecular complexity index is 811. The number of nitrogens with zero attached hydrogens (tertiary/aromatic N) is 1. The maximum absolute atomic E-state index is 10.3. The van der Waals surface area contributed by atoms with Crippen molar-refractivity contribution in [3.63, 3.8) is 0 Å². The second kappa shape index (κ2) is 5.35. The van der Waals surface area contributed by atoms with Crippen LogP contribution in [0.3, 0.4) is 0 Å². The molecule has 2 nitrogen and oxygen atoms in total. The van der Waals surface area contributed by atoms with E-state index in [4.69, 9.17) is 0 Å². The van der Waals surface area contributed by atoms with Gasteiger partial charge in [0.1, 0.15) is 0 Å². The summed E-state index contributed by atoms with van der Waals surface area (Å²) in [6.07, 6.45) is 2.28. The van der Waals surface area contributed by atoms with E-state index >= 15 is 0 Å². The van der Waals surface area contributed by atoms with Crippen LogP contribution in [0.25, 0.3) is 21.8 Å². The molecule has 0 unspecified atom stereocenters. The zero-order chi connectivity index (χ0) is 15.9. The summed E-state index contributed by atoms with van der Waals surface area (Å²) in [5.41, 5.74) is 3.39. The van der Waals surface area contributed by atoms with Gasteiger partial charge in [-0.25, -0.2) is 0 Å². The van der Waals surface area contributed by atoms with Crippen molar-refractivity contribution in [2.45, 2.75) is 40.5 Å². The van der Waals surface area contributed by atoms with Gasteiger partial charge in [-0.1, -0.05) is 52.0 Å². The molecule has 3 aromatic rings. The highest BCUT2D eigenvalue weighted by atomic mass is 16.5. The van der Waals surface area contributed by atoms with Crippen LogP contribution in [0, 0.1) is 11.3 Å². The van der Waals surface area contributed by atoms with E-state index in [0.717, 1.165) is 28.2 Å². The Hall–Kier alpha value is -1.96. The van der Waals surface area contributed by atoms with Crippen LogP contribution in [-0.4, -0.2) is 9.94 Å². The molecular weight excluding hydrogens is 270 g/mol. The van der Waals surface area contributed by atoms with Gasteiger partial charge in [0.05, 0.1) is 11.0 Å². The maximum atomic E-state index is 10.3. The monoisotopic (exact) mass is 295 g/mol. The van der Waals surface area contributed by atoms with Crippen molar-refractivity contribution in [1.82, 2.24) is 4.73 Å². The number of fused-ring (bicyclic) bond motifs is 3. The lowest BCUT2D eigenvalue weighted by molar-refractivity contribution is 0.213. The Morgan fingerprint density at radius 2 is 1.68 bits per heavy atom. The Morgan fingerprint density at radius 1 is 1.00 bits per heavy atom. The van der Waals surface area contributed by atoms with Gasteiger partial charge in [0.15, 0.2) is 0 Å². The zero-order valence-electron chi connectivity index (χ0n) is 13.9. The number of rotatable bonds is 4. The molecule has 0 bridgehead atoms. The second-order valence-electron chi connectivity index (χ2n) is 7.62. The van der Waals surface area contributed by atoms with Crippen LogP contribution < -0.4 is 0 Å². The van der Waals surface area contributed by atoms with Gasteiger partial charge in [0, 0.05) is 10.8 Å². The highest BCUT2D eigenvalue weighted by Crippen LogP contribution is 2.33. The Morgan fingerprint density at radius 3 is 2.41 bits per heavy atom. The first-order valence-corrected chi connectivity index (χ1v) is 8.09. The minimum Gasteiger partial charge on any atom is -0.428 e. The molecule has 1 aromatic heterocycles. The first-order valence-electron chi connectivity index (χ1n) is 8.09. The SMILES string of the molecule is CC(C)CC(C)(C)Cc1ccc2c(c1)c1ccccc1n2O. The lowest BCUT2D eigenvalue weighted by Gasteiger charge is -2.26. The van der Waals surface area contributed by atoms with E-state index in [9.17, 15) is 5.21 Å². The van der Waals surface area contributed by atoms with Crippen LogP contribution in [0.5, 0.6) is 0 Å². The lowest BCUT2D eigenvalue weighted by Crippen LogP contribution is -2.17. The van der Waals surface area contributed by atoms with Gasteiger partial charge in [-0.05, 0) is 47.9 Å². The summed E-state index contributed by atoms with van der Waals surface area (Å²) in [4.78, 5) is 0. The van der Waals surface area contributed by atoms with Gasteiger partial charge in [0.2, 0.25) is 0 Å². The van der Waals surface area contributed by atoms with E-state index in [1.807, 2.05) is 24.3 Å². The fourth-order valence-electron chi connectivity index (χ4n) is 3.84. The van der Waals surface area contributed by atoms with Crippen molar-refractivity contribution in [2.75, 3.05) is 0 Å². The van der Waals surface area contributed by atoms with Gasteiger partial charge in [-0.2, -0.15) is 4.73 Å². The molecule has 2 heteroatoms. The van der Waals surface area contributed by atoms with Crippen molar-refractivity contribution < 1.29 is 5.21 Å². The van der Waals surface area contributed by atoms with E-state index in [-0.39, 0.29) is 0 Å². The highest BCUT2D eigenvalue weighted by molar-refractivity contribution is 6.07. The Balaban J connectivity index is 2.05. The minimum absolute atomic E-state index is 0.291. The van der Waals surface area contributed by atoms with Gasteiger partial charge in [-0.3, -0.25) is 0 Å². The van der Waals surface area contributed by atoms with Crippen molar-refractivity contribution >= 4 is 21.8 Å². The lowest BCUT2D eigenvalue weighted by atomic mass is 9.79. The summed E-state index contributed by atoms with van der Waals surface area (Å²) in [7, 11) is 0. The normalized spacial score (nSPS) is 12.6. The predicted octanol–water partition coefficient (Wildman–Crippen LogP) is 5.65. The molecule has 0 saturated carbocycles. The fraction of sp³-hybridized carbons (Fsp3) is 0.400. The third-order valence-electron chi connectivity index (χ3n) is 4.36. The summed E-state index contributed by atoms with van der Waals surface area (Å²) in [5.74, 6) is 0.707. The predicted molar refractivity (Wildman–Crippen MR) is 93.6 cm³/mol. The number of hydrogen-bond acceptors (Lipinski definition) is 1. The summed E-state index contributed by atoms with van der Waals surface area (Å²) in [6, 6.07) is 14.4. The minimum atomic E-state index is 0.291. The van der Waals surface area contributed by atoms with E-state index < -0.39 is 0 Å². The van der Waals surface area contributed by atoms with Crippen molar-refractivity contribution in [3.05, 3.63) is 48.0 Å².